The number of halogens is 1. The maximum absolute atomic E-state index is 14.8. The molecule has 0 saturated carbocycles. The number of hydrogen-bond acceptors (Lipinski definition) is 7. The molecule has 1 fully saturated rings. The van der Waals surface area contributed by atoms with E-state index in [4.69, 9.17) is 4.74 Å². The Morgan fingerprint density at radius 2 is 1.90 bits per heavy atom. The fourth-order valence-electron chi connectivity index (χ4n) is 4.55. The van der Waals surface area contributed by atoms with Gasteiger partial charge in [0.05, 0.1) is 36.2 Å². The van der Waals surface area contributed by atoms with Crippen LogP contribution in [0.25, 0.3) is 16.8 Å². The fraction of sp³-hybridized carbons (Fsp3) is 0.379. The fourth-order valence-corrected chi connectivity index (χ4v) is 4.55. The van der Waals surface area contributed by atoms with Crippen molar-refractivity contribution in [2.45, 2.75) is 52.6 Å². The summed E-state index contributed by atoms with van der Waals surface area (Å²) >= 11 is 0. The zero-order chi connectivity index (χ0) is 28.6. The van der Waals surface area contributed by atoms with Gasteiger partial charge < -0.3 is 9.64 Å². The Balaban J connectivity index is 1.29. The van der Waals surface area contributed by atoms with Gasteiger partial charge in [-0.2, -0.15) is 5.10 Å². The number of nitrogens with zero attached hydrogens (tertiary/aromatic N) is 7. The molecule has 5 rings (SSSR count). The predicted octanol–water partition coefficient (Wildman–Crippen LogP) is 4.62. The molecular weight excluding hydrogens is 513 g/mol. The van der Waals surface area contributed by atoms with Gasteiger partial charge in [0.1, 0.15) is 23.7 Å². The third-order valence-corrected chi connectivity index (χ3v) is 6.57. The number of rotatable bonds is 5. The number of pyridine rings is 2. The van der Waals surface area contributed by atoms with E-state index in [9.17, 15) is 14.0 Å². The Bertz CT molecular complexity index is 1560. The van der Waals surface area contributed by atoms with Crippen LogP contribution in [0.5, 0.6) is 0 Å². The van der Waals surface area contributed by atoms with Gasteiger partial charge in [-0.1, -0.05) is 13.8 Å². The molecule has 1 saturated heterocycles. The first-order chi connectivity index (χ1) is 19.0. The third kappa shape index (κ3) is 5.78. The van der Waals surface area contributed by atoms with Crippen molar-refractivity contribution in [1.82, 2.24) is 29.5 Å². The molecule has 0 aromatic carbocycles. The molecule has 0 spiro atoms. The second-order valence-corrected chi connectivity index (χ2v) is 11.1. The zero-order valence-electron chi connectivity index (χ0n) is 23.3. The summed E-state index contributed by atoms with van der Waals surface area (Å²) in [6.07, 6.45) is 6.21. The van der Waals surface area contributed by atoms with Crippen molar-refractivity contribution in [2.24, 2.45) is 0 Å². The highest BCUT2D eigenvalue weighted by molar-refractivity contribution is 5.97. The van der Waals surface area contributed by atoms with Crippen LogP contribution in [0.2, 0.25) is 0 Å². The lowest BCUT2D eigenvalue weighted by atomic mass is 10.0. The molecule has 1 aliphatic heterocycles. The number of anilines is 1. The van der Waals surface area contributed by atoms with Crippen molar-refractivity contribution >= 4 is 23.2 Å². The third-order valence-electron chi connectivity index (χ3n) is 6.57. The van der Waals surface area contributed by atoms with Crippen LogP contribution in [-0.2, 0) is 16.0 Å². The molecular formula is C29H32FN7O3. The summed E-state index contributed by atoms with van der Waals surface area (Å²) in [7, 11) is 0. The minimum absolute atomic E-state index is 0.0629. The normalized spacial score (nSPS) is 14.3. The molecule has 0 unspecified atom stereocenters. The molecule has 0 bridgehead atoms. The first kappa shape index (κ1) is 27.2. The number of fused-ring (bicyclic) bond motifs is 1. The Labute approximate surface area is 231 Å². The second-order valence-electron chi connectivity index (χ2n) is 11.1. The van der Waals surface area contributed by atoms with Crippen molar-refractivity contribution in [1.29, 1.82) is 0 Å². The smallest absolute Gasteiger partial charge is 0.410 e. The summed E-state index contributed by atoms with van der Waals surface area (Å²) in [5.41, 5.74) is 3.52. The van der Waals surface area contributed by atoms with E-state index in [0.717, 1.165) is 11.1 Å². The largest absolute Gasteiger partial charge is 0.444 e. The summed E-state index contributed by atoms with van der Waals surface area (Å²) < 4.78 is 21.9. The Morgan fingerprint density at radius 1 is 1.10 bits per heavy atom. The Hall–Kier alpha value is -4.41. The number of carbonyl (C=O) groups is 2. The predicted molar refractivity (Wildman–Crippen MR) is 147 cm³/mol. The van der Waals surface area contributed by atoms with Crippen molar-refractivity contribution < 1.29 is 18.7 Å². The quantitative estimate of drug-likeness (QED) is 0.360. The van der Waals surface area contributed by atoms with Crippen LogP contribution in [0.1, 0.15) is 57.6 Å². The zero-order valence-corrected chi connectivity index (χ0v) is 23.3. The van der Waals surface area contributed by atoms with E-state index in [0.29, 0.717) is 42.3 Å². The van der Waals surface area contributed by atoms with Crippen LogP contribution >= 0.6 is 0 Å². The van der Waals surface area contributed by atoms with Crippen molar-refractivity contribution in [3.05, 3.63) is 72.0 Å². The number of piperazine rings is 1. The van der Waals surface area contributed by atoms with Crippen LogP contribution in [0.15, 0.2) is 49.1 Å². The van der Waals surface area contributed by atoms with Crippen molar-refractivity contribution in [3.63, 3.8) is 0 Å². The molecule has 0 radical (unpaired) electrons. The van der Waals surface area contributed by atoms with Crippen molar-refractivity contribution in [3.8, 4) is 11.3 Å². The van der Waals surface area contributed by atoms with Crippen LogP contribution in [0.3, 0.4) is 0 Å². The molecule has 208 valence electrons. The molecule has 1 aliphatic rings. The van der Waals surface area contributed by atoms with Gasteiger partial charge in [-0.05, 0) is 51.0 Å². The highest BCUT2D eigenvalue weighted by Gasteiger charge is 2.31. The summed E-state index contributed by atoms with van der Waals surface area (Å²) in [6.45, 7) is 10.2. The number of hydrogen-bond donors (Lipinski definition) is 0. The van der Waals surface area contributed by atoms with Gasteiger partial charge >= 0.3 is 6.09 Å². The van der Waals surface area contributed by atoms with Gasteiger partial charge in [-0.15, -0.1) is 0 Å². The van der Waals surface area contributed by atoms with Crippen LogP contribution < -0.4 is 4.90 Å². The molecule has 2 amide bonds. The van der Waals surface area contributed by atoms with Crippen molar-refractivity contribution in [2.75, 3.05) is 24.5 Å². The molecule has 11 heteroatoms. The first-order valence-electron chi connectivity index (χ1n) is 13.2. The summed E-state index contributed by atoms with van der Waals surface area (Å²) in [4.78, 5) is 41.3. The molecule has 0 atom stereocenters. The molecule has 40 heavy (non-hydrogen) atoms. The molecule has 0 N–H and O–H groups in total. The van der Waals surface area contributed by atoms with E-state index < -0.39 is 17.5 Å². The molecule has 5 heterocycles. The Kier molecular flexibility index (Phi) is 7.22. The SMILES string of the molecule is CC(C)c1cnn2ccc(-c3nc(Cc4ccc(N5CCN(C(=O)OC(C)(C)C)CC5=O)cn4)ncc3F)cc12. The van der Waals surface area contributed by atoms with Gasteiger partial charge in [0.25, 0.3) is 0 Å². The highest BCUT2D eigenvalue weighted by Crippen LogP contribution is 2.27. The second kappa shape index (κ2) is 10.6. The van der Waals surface area contributed by atoms with Crippen LogP contribution in [-0.4, -0.2) is 66.7 Å². The van der Waals surface area contributed by atoms with E-state index in [1.807, 2.05) is 12.3 Å². The average molecular weight is 546 g/mol. The lowest BCUT2D eigenvalue weighted by molar-refractivity contribution is -0.121. The molecule has 4 aromatic heterocycles. The number of aromatic nitrogens is 5. The van der Waals surface area contributed by atoms with Gasteiger partial charge in [-0.3, -0.25) is 14.7 Å². The first-order valence-corrected chi connectivity index (χ1v) is 13.2. The van der Waals surface area contributed by atoms with Gasteiger partial charge in [0.15, 0.2) is 5.82 Å². The maximum Gasteiger partial charge on any atom is 0.410 e. The van der Waals surface area contributed by atoms with E-state index in [2.05, 4.69) is 33.9 Å². The molecule has 0 aliphatic carbocycles. The number of amides is 2. The summed E-state index contributed by atoms with van der Waals surface area (Å²) in [5, 5.41) is 4.37. The lowest BCUT2D eigenvalue weighted by Crippen LogP contribution is -2.53. The molecule has 4 aromatic rings. The monoisotopic (exact) mass is 545 g/mol. The maximum atomic E-state index is 14.8. The summed E-state index contributed by atoms with van der Waals surface area (Å²) in [6, 6.07) is 7.27. The van der Waals surface area contributed by atoms with E-state index >= 15 is 0 Å². The number of ether oxygens (including phenoxy) is 1. The van der Waals surface area contributed by atoms with E-state index in [1.165, 1.54) is 11.1 Å². The Morgan fingerprint density at radius 3 is 2.58 bits per heavy atom. The van der Waals surface area contributed by atoms with E-state index in [-0.39, 0.29) is 24.1 Å². The average Bonchev–Trinajstić information content (AvgIpc) is 3.33. The van der Waals surface area contributed by atoms with E-state index in [1.54, 1.807) is 60.8 Å². The van der Waals surface area contributed by atoms with Gasteiger partial charge in [0, 0.05) is 36.1 Å². The van der Waals surface area contributed by atoms with Crippen LogP contribution in [0, 0.1) is 5.82 Å². The highest BCUT2D eigenvalue weighted by atomic mass is 19.1. The van der Waals surface area contributed by atoms with Gasteiger partial charge in [-0.25, -0.2) is 23.7 Å². The standard InChI is InChI=1S/C29H32FN7O3/c1-18(2)22-15-33-37-9-8-19(12-24(22)37)27-23(30)16-32-25(34-27)13-20-6-7-21(14-31-20)36-11-10-35(17-26(36)38)28(39)40-29(3,4)5/h6-9,12,14-16,18H,10-11,13,17H2,1-5H3. The number of carbonyl (C=O) groups excluding carboxylic acids is 2. The molecule has 10 nitrogen and oxygen atoms in total. The minimum Gasteiger partial charge on any atom is -0.444 e. The van der Waals surface area contributed by atoms with Crippen LogP contribution in [0.4, 0.5) is 14.9 Å². The topological polar surface area (TPSA) is 106 Å². The summed E-state index contributed by atoms with van der Waals surface area (Å²) in [5.74, 6) is -0.0204. The van der Waals surface area contributed by atoms with Gasteiger partial charge in [0.2, 0.25) is 5.91 Å². The minimum atomic E-state index is -0.628. The lowest BCUT2D eigenvalue weighted by Gasteiger charge is -2.35.